The fraction of sp³-hybridized carbons (Fsp3) is 0.0690. The molecule has 2 aliphatic rings. The highest BCUT2D eigenvalue weighted by atomic mass is 15.2. The van der Waals surface area contributed by atoms with E-state index in [2.05, 4.69) is 227 Å². The van der Waals surface area contributed by atoms with Gasteiger partial charge in [0.25, 0.3) is 0 Å². The van der Waals surface area contributed by atoms with Crippen LogP contribution in [-0.2, 0) is 25.7 Å². The summed E-state index contributed by atoms with van der Waals surface area (Å²) >= 11 is 0. The molecule has 0 saturated heterocycles. The van der Waals surface area contributed by atoms with Gasteiger partial charge in [-0.05, 0) is 155 Å². The van der Waals surface area contributed by atoms with Gasteiger partial charge < -0.3 is 14.4 Å². The summed E-state index contributed by atoms with van der Waals surface area (Å²) in [6, 6.07) is 78.5. The maximum absolute atomic E-state index is 2.44. The summed E-state index contributed by atoms with van der Waals surface area (Å²) in [5.74, 6) is 0. The Kier molecular flexibility index (Phi) is 8.45. The van der Waals surface area contributed by atoms with E-state index in [1.807, 2.05) is 0 Å². The predicted molar refractivity (Wildman–Crippen MR) is 256 cm³/mol. The predicted octanol–water partition coefficient (Wildman–Crippen LogP) is 15.3. The average molecular weight is 782 g/mol. The zero-order chi connectivity index (χ0) is 40.3. The molecule has 0 atom stereocenters. The largest absolute Gasteiger partial charge is 0.310 e. The van der Waals surface area contributed by atoms with Crippen molar-refractivity contribution in [3.63, 3.8) is 0 Å². The van der Waals surface area contributed by atoms with Crippen molar-refractivity contribution < 1.29 is 0 Å². The van der Waals surface area contributed by atoms with Gasteiger partial charge in [0.1, 0.15) is 0 Å². The number of anilines is 6. The molecule has 0 spiro atoms. The van der Waals surface area contributed by atoms with Gasteiger partial charge in [0.15, 0.2) is 0 Å². The van der Waals surface area contributed by atoms with Crippen LogP contribution in [-0.4, -0.2) is 4.57 Å². The number of aryl methyl sites for hydroxylation is 4. The first-order chi connectivity index (χ1) is 30.2. The molecule has 3 heterocycles. The van der Waals surface area contributed by atoms with Gasteiger partial charge in [0, 0.05) is 50.6 Å². The Morgan fingerprint density at radius 2 is 0.590 bits per heavy atom. The van der Waals surface area contributed by atoms with Gasteiger partial charge >= 0.3 is 0 Å². The zero-order valence-corrected chi connectivity index (χ0v) is 33.9. The van der Waals surface area contributed by atoms with Crippen LogP contribution in [0.4, 0.5) is 34.1 Å². The first-order valence-corrected chi connectivity index (χ1v) is 21.5. The normalized spacial score (nSPS) is 13.2. The summed E-state index contributed by atoms with van der Waals surface area (Å²) in [5, 5.41) is 2.49. The van der Waals surface area contributed by atoms with Crippen molar-refractivity contribution >= 4 is 55.9 Å². The quantitative estimate of drug-likeness (QED) is 0.172. The Morgan fingerprint density at radius 1 is 0.262 bits per heavy atom. The fourth-order valence-corrected chi connectivity index (χ4v) is 9.96. The molecule has 290 valence electrons. The molecule has 3 heteroatoms. The van der Waals surface area contributed by atoms with E-state index < -0.39 is 0 Å². The summed E-state index contributed by atoms with van der Waals surface area (Å²) in [7, 11) is 0. The molecule has 61 heavy (non-hydrogen) atoms. The maximum Gasteiger partial charge on any atom is 0.0541 e. The minimum Gasteiger partial charge on any atom is -0.310 e. The van der Waals surface area contributed by atoms with Crippen LogP contribution in [0.2, 0.25) is 0 Å². The van der Waals surface area contributed by atoms with Crippen molar-refractivity contribution in [2.24, 2.45) is 0 Å². The molecule has 0 fully saturated rings. The molecular weight excluding hydrogens is 739 g/mol. The summed E-state index contributed by atoms with van der Waals surface area (Å²) in [4.78, 5) is 4.88. The molecule has 0 aliphatic carbocycles. The van der Waals surface area contributed by atoms with Crippen molar-refractivity contribution in [1.82, 2.24) is 4.57 Å². The van der Waals surface area contributed by atoms with E-state index >= 15 is 0 Å². The van der Waals surface area contributed by atoms with Crippen LogP contribution in [0.15, 0.2) is 212 Å². The highest BCUT2D eigenvalue weighted by molar-refractivity contribution is 6.11. The van der Waals surface area contributed by atoms with Gasteiger partial charge in [0.05, 0.1) is 11.0 Å². The van der Waals surface area contributed by atoms with E-state index in [9.17, 15) is 0 Å². The molecule has 0 bridgehead atoms. The molecule has 0 radical (unpaired) electrons. The standard InChI is InChI=1S/C58H43N3/c1-2-16-48(17-3-1)61-57-36-30-46(40-26-32-49(33-27-40)59-53-18-8-4-12-42(53)22-23-43-13-5-9-19-54(43)59)38-51(57)52-39-47(31-37-58(52)61)41-28-34-50(35-29-41)60-55-20-10-6-14-44(55)24-25-45-15-7-11-21-56(45)60/h1-21,26-39H,22-25H2. The van der Waals surface area contributed by atoms with E-state index in [0.717, 1.165) is 31.4 Å². The average Bonchev–Trinajstić information content (AvgIpc) is 3.42. The van der Waals surface area contributed by atoms with Crippen LogP contribution in [0.5, 0.6) is 0 Å². The first-order valence-electron chi connectivity index (χ1n) is 21.5. The number of para-hydroxylation sites is 5. The fourth-order valence-electron chi connectivity index (χ4n) is 9.96. The van der Waals surface area contributed by atoms with Gasteiger partial charge in [-0.15, -0.1) is 0 Å². The van der Waals surface area contributed by atoms with Gasteiger partial charge in [0.2, 0.25) is 0 Å². The first kappa shape index (κ1) is 35.3. The van der Waals surface area contributed by atoms with Crippen LogP contribution in [0, 0.1) is 0 Å². The molecule has 0 saturated carbocycles. The van der Waals surface area contributed by atoms with Gasteiger partial charge in [-0.2, -0.15) is 0 Å². The van der Waals surface area contributed by atoms with E-state index in [1.165, 1.54) is 100 Å². The third-order valence-electron chi connectivity index (χ3n) is 13.0. The van der Waals surface area contributed by atoms with E-state index in [0.29, 0.717) is 0 Å². The maximum atomic E-state index is 2.44. The number of fused-ring (bicyclic) bond motifs is 7. The highest BCUT2D eigenvalue weighted by Crippen LogP contribution is 2.45. The second kappa shape index (κ2) is 14.6. The van der Waals surface area contributed by atoms with Crippen molar-refractivity contribution in [2.45, 2.75) is 25.7 Å². The molecule has 9 aromatic carbocycles. The molecule has 1 aromatic heterocycles. The Hall–Kier alpha value is -7.62. The number of hydrogen-bond donors (Lipinski definition) is 0. The molecule has 0 N–H and O–H groups in total. The third-order valence-corrected chi connectivity index (χ3v) is 13.0. The highest BCUT2D eigenvalue weighted by Gasteiger charge is 2.24. The van der Waals surface area contributed by atoms with Crippen molar-refractivity contribution in [3.05, 3.63) is 235 Å². The van der Waals surface area contributed by atoms with E-state index in [4.69, 9.17) is 0 Å². The smallest absolute Gasteiger partial charge is 0.0541 e. The van der Waals surface area contributed by atoms with Gasteiger partial charge in [-0.1, -0.05) is 127 Å². The number of benzene rings is 9. The molecule has 12 rings (SSSR count). The monoisotopic (exact) mass is 781 g/mol. The van der Waals surface area contributed by atoms with Crippen molar-refractivity contribution in [2.75, 3.05) is 9.80 Å². The lowest BCUT2D eigenvalue weighted by Gasteiger charge is -2.27. The van der Waals surface area contributed by atoms with Crippen molar-refractivity contribution in [3.8, 4) is 27.9 Å². The van der Waals surface area contributed by atoms with Gasteiger partial charge in [-0.3, -0.25) is 0 Å². The van der Waals surface area contributed by atoms with Crippen LogP contribution in [0.25, 0.3) is 49.7 Å². The zero-order valence-electron chi connectivity index (χ0n) is 33.9. The van der Waals surface area contributed by atoms with Crippen LogP contribution in [0.3, 0.4) is 0 Å². The molecule has 2 aliphatic heterocycles. The Bertz CT molecular complexity index is 2950. The Labute approximate surface area is 357 Å². The van der Waals surface area contributed by atoms with Crippen LogP contribution >= 0.6 is 0 Å². The van der Waals surface area contributed by atoms with Crippen LogP contribution in [0.1, 0.15) is 22.3 Å². The lowest BCUT2D eigenvalue weighted by molar-refractivity contribution is 0.977. The minimum absolute atomic E-state index is 1.04. The number of hydrogen-bond acceptors (Lipinski definition) is 2. The number of nitrogens with zero attached hydrogens (tertiary/aromatic N) is 3. The number of rotatable bonds is 5. The Balaban J connectivity index is 0.944. The minimum atomic E-state index is 1.04. The second-order valence-corrected chi connectivity index (χ2v) is 16.4. The molecule has 0 amide bonds. The lowest BCUT2D eigenvalue weighted by atomic mass is 9.99. The summed E-state index contributed by atoms with van der Waals surface area (Å²) < 4.78 is 2.41. The summed E-state index contributed by atoms with van der Waals surface area (Å²) in [6.45, 7) is 0. The summed E-state index contributed by atoms with van der Waals surface area (Å²) in [5.41, 5.74) is 21.3. The Morgan fingerprint density at radius 3 is 0.967 bits per heavy atom. The van der Waals surface area contributed by atoms with Crippen molar-refractivity contribution in [1.29, 1.82) is 0 Å². The van der Waals surface area contributed by atoms with Crippen LogP contribution < -0.4 is 9.80 Å². The number of aromatic nitrogens is 1. The summed E-state index contributed by atoms with van der Waals surface area (Å²) in [6.07, 6.45) is 4.14. The third kappa shape index (κ3) is 6.04. The van der Waals surface area contributed by atoms with E-state index in [1.54, 1.807) is 0 Å². The SMILES string of the molecule is c1ccc(-n2c3ccc(-c4ccc(N5c6ccccc6CCc6ccccc65)cc4)cc3c3cc(-c4ccc(N5c6ccccc6CCc6ccccc65)cc4)ccc32)cc1. The molecular formula is C58H43N3. The van der Waals surface area contributed by atoms with E-state index in [-0.39, 0.29) is 0 Å². The topological polar surface area (TPSA) is 11.4 Å². The van der Waals surface area contributed by atoms with Gasteiger partial charge in [-0.25, -0.2) is 0 Å². The molecule has 10 aromatic rings. The molecule has 0 unspecified atom stereocenters. The lowest BCUT2D eigenvalue weighted by Crippen LogP contribution is -2.11. The molecule has 3 nitrogen and oxygen atoms in total. The second-order valence-electron chi connectivity index (χ2n) is 16.4.